The van der Waals surface area contributed by atoms with Gasteiger partial charge in [-0.15, -0.1) is 0 Å². The monoisotopic (exact) mass is 543 g/mol. The summed E-state index contributed by atoms with van der Waals surface area (Å²) >= 11 is 12.7. The van der Waals surface area contributed by atoms with Crippen molar-refractivity contribution in [1.82, 2.24) is 10.2 Å². The lowest BCUT2D eigenvalue weighted by molar-refractivity contribution is -0.139. The lowest BCUT2D eigenvalue weighted by Crippen LogP contribution is -2.52. The van der Waals surface area contributed by atoms with E-state index in [0.29, 0.717) is 22.0 Å². The zero-order valence-electron chi connectivity index (χ0n) is 20.4. The molecule has 2 amide bonds. The van der Waals surface area contributed by atoms with Crippen molar-refractivity contribution in [2.75, 3.05) is 24.2 Å². The summed E-state index contributed by atoms with van der Waals surface area (Å²) in [6.07, 6.45) is 1.71. The van der Waals surface area contributed by atoms with Gasteiger partial charge in [0.05, 0.1) is 19.1 Å². The first-order chi connectivity index (χ1) is 16.4. The molecular weight excluding hydrogens is 513 g/mol. The Morgan fingerprint density at radius 3 is 2.20 bits per heavy atom. The van der Waals surface area contributed by atoms with E-state index in [4.69, 9.17) is 27.9 Å². The fourth-order valence-corrected chi connectivity index (χ4v) is 4.70. The summed E-state index contributed by atoms with van der Waals surface area (Å²) < 4.78 is 31.6. The van der Waals surface area contributed by atoms with Crippen molar-refractivity contribution in [2.45, 2.75) is 45.8 Å². The summed E-state index contributed by atoms with van der Waals surface area (Å²) in [7, 11) is -2.47. The Balaban J connectivity index is 2.48. The standard InChI is InChI=1S/C24H31Cl2N3O5S/c1-6-16(2)27-24(31)17(3)28(14-18-19(25)10-9-11-20(18)26)23(30)15-29(35(5,32)33)21-12-7-8-13-22(21)34-4/h7-13,16-17H,6,14-15H2,1-5H3,(H,27,31)/t16-,17-/m1/s1. The topological polar surface area (TPSA) is 96.0 Å². The zero-order valence-corrected chi connectivity index (χ0v) is 22.7. The van der Waals surface area contributed by atoms with E-state index in [1.807, 2.05) is 13.8 Å². The van der Waals surface area contributed by atoms with Gasteiger partial charge in [-0.3, -0.25) is 13.9 Å². The number of hydrogen-bond donors (Lipinski definition) is 1. The van der Waals surface area contributed by atoms with Crippen LogP contribution in [-0.4, -0.2) is 57.1 Å². The first-order valence-electron chi connectivity index (χ1n) is 11.0. The van der Waals surface area contributed by atoms with E-state index in [-0.39, 0.29) is 29.9 Å². The van der Waals surface area contributed by atoms with Gasteiger partial charge in [-0.25, -0.2) is 8.42 Å². The van der Waals surface area contributed by atoms with Gasteiger partial charge < -0.3 is 15.0 Å². The molecular formula is C24H31Cl2N3O5S. The van der Waals surface area contributed by atoms with E-state index in [1.54, 1.807) is 49.4 Å². The van der Waals surface area contributed by atoms with Gasteiger partial charge >= 0.3 is 0 Å². The van der Waals surface area contributed by atoms with Crippen LogP contribution in [0.5, 0.6) is 5.75 Å². The summed E-state index contributed by atoms with van der Waals surface area (Å²) in [5, 5.41) is 3.52. The summed E-state index contributed by atoms with van der Waals surface area (Å²) in [4.78, 5) is 27.8. The van der Waals surface area contributed by atoms with E-state index < -0.39 is 28.5 Å². The third kappa shape index (κ3) is 7.49. The van der Waals surface area contributed by atoms with Crippen LogP contribution in [0, 0.1) is 0 Å². The van der Waals surface area contributed by atoms with Crippen molar-refractivity contribution in [3.05, 3.63) is 58.1 Å². The smallest absolute Gasteiger partial charge is 0.244 e. The van der Waals surface area contributed by atoms with Crippen LogP contribution in [0.4, 0.5) is 5.69 Å². The molecule has 0 radical (unpaired) electrons. The second-order valence-electron chi connectivity index (χ2n) is 8.16. The van der Waals surface area contributed by atoms with Crippen molar-refractivity contribution >= 4 is 50.7 Å². The molecule has 0 bridgehead atoms. The maximum atomic E-state index is 13.6. The van der Waals surface area contributed by atoms with Crippen LogP contribution in [0.1, 0.15) is 32.8 Å². The SMILES string of the molecule is CC[C@@H](C)NC(=O)[C@@H](C)N(Cc1c(Cl)cccc1Cl)C(=O)CN(c1ccccc1OC)S(C)(=O)=O. The summed E-state index contributed by atoms with van der Waals surface area (Å²) in [5.74, 6) is -0.697. The Kier molecular flexibility index (Phi) is 10.2. The summed E-state index contributed by atoms with van der Waals surface area (Å²) in [5.41, 5.74) is 0.661. The van der Waals surface area contributed by atoms with Crippen LogP contribution in [0.25, 0.3) is 0 Å². The maximum Gasteiger partial charge on any atom is 0.244 e. The highest BCUT2D eigenvalue weighted by Crippen LogP contribution is 2.30. The molecule has 192 valence electrons. The normalized spacial score (nSPS) is 13.0. The van der Waals surface area contributed by atoms with Gasteiger partial charge in [0.2, 0.25) is 21.8 Å². The number of para-hydroxylation sites is 2. The molecule has 0 aromatic heterocycles. The fraction of sp³-hybridized carbons (Fsp3) is 0.417. The van der Waals surface area contributed by atoms with Crippen LogP contribution in [0.2, 0.25) is 10.0 Å². The molecule has 0 aliphatic rings. The van der Waals surface area contributed by atoms with E-state index in [2.05, 4.69) is 5.32 Å². The number of rotatable bonds is 11. The van der Waals surface area contributed by atoms with Crippen molar-refractivity contribution < 1.29 is 22.7 Å². The van der Waals surface area contributed by atoms with Crippen molar-refractivity contribution in [2.24, 2.45) is 0 Å². The minimum Gasteiger partial charge on any atom is -0.495 e. The number of benzene rings is 2. The number of hydrogen-bond acceptors (Lipinski definition) is 5. The zero-order chi connectivity index (χ0) is 26.3. The first-order valence-corrected chi connectivity index (χ1v) is 13.6. The second kappa shape index (κ2) is 12.5. The molecule has 2 aromatic carbocycles. The Bertz CT molecular complexity index is 1140. The third-order valence-electron chi connectivity index (χ3n) is 5.59. The minimum atomic E-state index is -3.88. The number of methoxy groups -OCH3 is 1. The predicted molar refractivity (Wildman–Crippen MR) is 140 cm³/mol. The molecule has 0 saturated heterocycles. The molecule has 0 aliphatic heterocycles. The van der Waals surface area contributed by atoms with Gasteiger partial charge in [0.15, 0.2) is 0 Å². The lowest BCUT2D eigenvalue weighted by Gasteiger charge is -2.32. The molecule has 8 nitrogen and oxygen atoms in total. The van der Waals surface area contributed by atoms with Crippen LogP contribution < -0.4 is 14.4 Å². The number of nitrogens with one attached hydrogen (secondary N) is 1. The molecule has 0 unspecified atom stereocenters. The number of halogens is 2. The van der Waals surface area contributed by atoms with Crippen LogP contribution in [0.3, 0.4) is 0 Å². The number of sulfonamides is 1. The number of anilines is 1. The van der Waals surface area contributed by atoms with Crippen molar-refractivity contribution in [3.63, 3.8) is 0 Å². The van der Waals surface area contributed by atoms with E-state index in [9.17, 15) is 18.0 Å². The molecule has 0 spiro atoms. The predicted octanol–water partition coefficient (Wildman–Crippen LogP) is 4.10. The highest BCUT2D eigenvalue weighted by atomic mass is 35.5. The number of carbonyl (C=O) groups excluding carboxylic acids is 2. The summed E-state index contributed by atoms with van der Waals surface area (Å²) in [6.45, 7) is 4.72. The first kappa shape index (κ1) is 28.7. The molecule has 0 heterocycles. The lowest BCUT2D eigenvalue weighted by atomic mass is 10.1. The number of nitrogens with zero attached hydrogens (tertiary/aromatic N) is 2. The Morgan fingerprint density at radius 1 is 1.06 bits per heavy atom. The van der Waals surface area contributed by atoms with Crippen LogP contribution >= 0.6 is 23.2 Å². The minimum absolute atomic E-state index is 0.0873. The summed E-state index contributed by atoms with van der Waals surface area (Å²) in [6, 6.07) is 10.4. The van der Waals surface area contributed by atoms with Gasteiger partial charge in [-0.2, -0.15) is 0 Å². The number of amides is 2. The van der Waals surface area contributed by atoms with E-state index in [0.717, 1.165) is 10.6 Å². The largest absolute Gasteiger partial charge is 0.495 e. The van der Waals surface area contributed by atoms with Gasteiger partial charge in [0.1, 0.15) is 18.3 Å². The quantitative estimate of drug-likeness (QED) is 0.460. The molecule has 2 rings (SSSR count). The molecule has 0 aliphatic carbocycles. The third-order valence-corrected chi connectivity index (χ3v) is 7.43. The molecule has 11 heteroatoms. The Morgan fingerprint density at radius 2 is 1.66 bits per heavy atom. The Labute approximate surface area is 217 Å². The fourth-order valence-electron chi connectivity index (χ4n) is 3.33. The molecule has 0 fully saturated rings. The van der Waals surface area contributed by atoms with Gasteiger partial charge in [0.25, 0.3) is 0 Å². The highest BCUT2D eigenvalue weighted by Gasteiger charge is 2.32. The average Bonchev–Trinajstić information content (AvgIpc) is 2.80. The Hall–Kier alpha value is -2.49. The molecule has 35 heavy (non-hydrogen) atoms. The molecule has 1 N–H and O–H groups in total. The molecule has 2 aromatic rings. The van der Waals surface area contributed by atoms with Gasteiger partial charge in [-0.1, -0.05) is 48.3 Å². The van der Waals surface area contributed by atoms with Gasteiger partial charge in [-0.05, 0) is 44.5 Å². The highest BCUT2D eigenvalue weighted by molar-refractivity contribution is 7.92. The van der Waals surface area contributed by atoms with Crippen LogP contribution in [-0.2, 0) is 26.2 Å². The molecule has 2 atom stereocenters. The van der Waals surface area contributed by atoms with Crippen LogP contribution in [0.15, 0.2) is 42.5 Å². The van der Waals surface area contributed by atoms with Gasteiger partial charge in [0, 0.05) is 28.2 Å². The maximum absolute atomic E-state index is 13.6. The molecule has 0 saturated carbocycles. The number of ether oxygens (including phenoxy) is 1. The average molecular weight is 545 g/mol. The van der Waals surface area contributed by atoms with Crippen molar-refractivity contribution in [3.8, 4) is 5.75 Å². The van der Waals surface area contributed by atoms with E-state index >= 15 is 0 Å². The second-order valence-corrected chi connectivity index (χ2v) is 10.9. The van der Waals surface area contributed by atoms with E-state index in [1.165, 1.54) is 12.0 Å². The van der Waals surface area contributed by atoms with Crippen molar-refractivity contribution in [1.29, 1.82) is 0 Å². The number of carbonyl (C=O) groups is 2.